The van der Waals surface area contributed by atoms with Crippen LogP contribution < -0.4 is 0 Å². The van der Waals surface area contributed by atoms with E-state index in [1.165, 1.54) is 24.0 Å². The largest absolute Gasteiger partial charge is 0.491 e. The molecular weight excluding hydrogens is 246 g/mol. The van der Waals surface area contributed by atoms with E-state index in [9.17, 15) is 0 Å². The third kappa shape index (κ3) is 4.22. The van der Waals surface area contributed by atoms with Gasteiger partial charge in [0, 0.05) is 19.5 Å². The number of benzene rings is 1. The molecule has 16 heavy (non-hydrogen) atoms. The molecule has 0 aromatic heterocycles. The Morgan fingerprint density at radius 2 is 1.81 bits per heavy atom. The Labute approximate surface area is 112 Å². The van der Waals surface area contributed by atoms with Crippen molar-refractivity contribution in [2.75, 3.05) is 0 Å². The minimum absolute atomic E-state index is 0. The normalized spacial score (nSPS) is 21.7. The molecule has 1 heteroatoms. The molecule has 1 saturated carbocycles. The summed E-state index contributed by atoms with van der Waals surface area (Å²) in [5.74, 6) is 0.770. The minimum atomic E-state index is 0. The van der Waals surface area contributed by atoms with Gasteiger partial charge in [0.25, 0.3) is 0 Å². The maximum Gasteiger partial charge on any atom is 0 e. The van der Waals surface area contributed by atoms with Gasteiger partial charge in [-0.1, -0.05) is 57.5 Å². The molecule has 1 atom stereocenters. The second-order valence-electron chi connectivity index (χ2n) is 5.49. The van der Waals surface area contributed by atoms with Gasteiger partial charge in [0.1, 0.15) is 0 Å². The molecule has 0 saturated heterocycles. The first kappa shape index (κ1) is 13.6. The zero-order valence-electron chi connectivity index (χ0n) is 10.6. The first-order chi connectivity index (χ1) is 7.04. The van der Waals surface area contributed by atoms with Gasteiger partial charge in [0.2, 0.25) is 0 Å². The quantitative estimate of drug-likeness (QED) is 0.559. The molecule has 0 nitrogen and oxygen atoms in total. The fourth-order valence-electron chi connectivity index (χ4n) is 1.94. The van der Waals surface area contributed by atoms with Crippen LogP contribution in [0.5, 0.6) is 0 Å². The van der Waals surface area contributed by atoms with Gasteiger partial charge in [-0.15, -0.1) is 0 Å². The second-order valence-corrected chi connectivity index (χ2v) is 5.49. The van der Waals surface area contributed by atoms with E-state index in [4.69, 9.17) is 0 Å². The zero-order chi connectivity index (χ0) is 10.9. The smallest absolute Gasteiger partial charge is 0 e. The van der Waals surface area contributed by atoms with Gasteiger partial charge >= 0.3 is 0 Å². The molecule has 1 aromatic rings. The fourth-order valence-corrected chi connectivity index (χ4v) is 1.94. The molecule has 0 bridgehead atoms. The van der Waals surface area contributed by atoms with Crippen LogP contribution in [0.3, 0.4) is 0 Å². The van der Waals surface area contributed by atoms with Crippen molar-refractivity contribution in [3.05, 3.63) is 47.5 Å². The van der Waals surface area contributed by atoms with E-state index in [1.54, 1.807) is 0 Å². The van der Waals surface area contributed by atoms with Gasteiger partial charge in [0.05, 0.1) is 0 Å². The number of rotatable bonds is 2. The summed E-state index contributed by atoms with van der Waals surface area (Å²) in [6, 6.07) is 10.7. The molecule has 82 valence electrons. The topological polar surface area (TPSA) is 0 Å². The SMILES string of the molecule is CC(C)(C)[C-]=C1CC1Cc1ccccc1.[Zn]. The van der Waals surface area contributed by atoms with Crippen LogP contribution in [0.1, 0.15) is 32.8 Å². The predicted octanol–water partition coefficient (Wildman–Crippen LogP) is 4.02. The zero-order valence-corrected chi connectivity index (χ0v) is 13.6. The van der Waals surface area contributed by atoms with Crippen molar-refractivity contribution in [3.63, 3.8) is 0 Å². The van der Waals surface area contributed by atoms with Crippen molar-refractivity contribution in [2.24, 2.45) is 11.3 Å². The summed E-state index contributed by atoms with van der Waals surface area (Å²) in [5.41, 5.74) is 3.21. The van der Waals surface area contributed by atoms with Crippen molar-refractivity contribution < 1.29 is 19.5 Å². The Balaban J connectivity index is 0.00000128. The third-order valence-corrected chi connectivity index (χ3v) is 2.66. The summed E-state index contributed by atoms with van der Waals surface area (Å²) < 4.78 is 0. The Hall–Kier alpha value is -0.417. The maximum absolute atomic E-state index is 3.58. The van der Waals surface area contributed by atoms with Crippen LogP contribution in [0.25, 0.3) is 0 Å². The van der Waals surface area contributed by atoms with Gasteiger partial charge in [0.15, 0.2) is 0 Å². The molecule has 0 heterocycles. The second kappa shape index (κ2) is 5.28. The van der Waals surface area contributed by atoms with Crippen LogP contribution in [0.15, 0.2) is 35.9 Å². The molecule has 0 amide bonds. The summed E-state index contributed by atoms with van der Waals surface area (Å²) in [7, 11) is 0. The van der Waals surface area contributed by atoms with Crippen molar-refractivity contribution >= 4 is 0 Å². The molecule has 0 spiro atoms. The van der Waals surface area contributed by atoms with Crippen LogP contribution in [0, 0.1) is 17.4 Å². The Morgan fingerprint density at radius 1 is 1.19 bits per heavy atom. The fraction of sp³-hybridized carbons (Fsp3) is 0.467. The Morgan fingerprint density at radius 3 is 2.38 bits per heavy atom. The predicted molar refractivity (Wildman–Crippen MR) is 64.5 cm³/mol. The molecule has 0 radical (unpaired) electrons. The number of allylic oxidation sites excluding steroid dienone is 2. The van der Waals surface area contributed by atoms with Gasteiger partial charge < -0.3 is 6.08 Å². The molecular formula is C15H19Zn-. The van der Waals surface area contributed by atoms with E-state index >= 15 is 0 Å². The van der Waals surface area contributed by atoms with E-state index in [1.807, 2.05) is 0 Å². The van der Waals surface area contributed by atoms with Crippen LogP contribution in [0.4, 0.5) is 0 Å². The van der Waals surface area contributed by atoms with E-state index in [2.05, 4.69) is 57.2 Å². The van der Waals surface area contributed by atoms with E-state index in [0.29, 0.717) is 0 Å². The molecule has 0 aliphatic heterocycles. The standard InChI is InChI=1S/C15H19.Zn/c1-15(2,3)11-14-10-13(14)9-12-7-5-4-6-8-12;/h4-8,13H,9-10H2,1-3H3;/q-1;. The maximum atomic E-state index is 3.58. The first-order valence-corrected chi connectivity index (χ1v) is 5.72. The molecule has 1 unspecified atom stereocenters. The minimum Gasteiger partial charge on any atom is -0.491 e. The van der Waals surface area contributed by atoms with Crippen LogP contribution in [-0.2, 0) is 25.9 Å². The molecule has 1 fully saturated rings. The summed E-state index contributed by atoms with van der Waals surface area (Å²) in [6.45, 7) is 6.66. The molecule has 1 aliphatic rings. The van der Waals surface area contributed by atoms with Crippen molar-refractivity contribution in [2.45, 2.75) is 33.6 Å². The Kier molecular flexibility index (Phi) is 4.50. The van der Waals surface area contributed by atoms with Crippen LogP contribution in [0.2, 0.25) is 0 Å². The number of hydrogen-bond donors (Lipinski definition) is 0. The molecule has 1 aliphatic carbocycles. The van der Waals surface area contributed by atoms with E-state index in [-0.39, 0.29) is 24.9 Å². The van der Waals surface area contributed by atoms with Crippen molar-refractivity contribution in [3.8, 4) is 0 Å². The molecule has 2 rings (SSSR count). The Bertz CT molecular complexity index is 357. The van der Waals surface area contributed by atoms with Gasteiger partial charge in [-0.2, -0.15) is 5.41 Å². The van der Waals surface area contributed by atoms with Crippen molar-refractivity contribution in [1.82, 2.24) is 0 Å². The summed E-state index contributed by atoms with van der Waals surface area (Å²) in [4.78, 5) is 0. The average molecular weight is 265 g/mol. The summed E-state index contributed by atoms with van der Waals surface area (Å²) in [5, 5.41) is 0. The van der Waals surface area contributed by atoms with Crippen LogP contribution in [-0.4, -0.2) is 0 Å². The van der Waals surface area contributed by atoms with E-state index < -0.39 is 0 Å². The molecule has 1 aromatic carbocycles. The summed E-state index contributed by atoms with van der Waals surface area (Å²) >= 11 is 0. The molecule has 0 N–H and O–H groups in total. The first-order valence-electron chi connectivity index (χ1n) is 5.72. The van der Waals surface area contributed by atoms with Gasteiger partial charge in [-0.3, -0.25) is 5.57 Å². The van der Waals surface area contributed by atoms with Crippen LogP contribution >= 0.6 is 0 Å². The monoisotopic (exact) mass is 263 g/mol. The average Bonchev–Trinajstić information content (AvgIpc) is 2.82. The van der Waals surface area contributed by atoms with Crippen molar-refractivity contribution in [1.29, 1.82) is 0 Å². The summed E-state index contributed by atoms with van der Waals surface area (Å²) in [6.07, 6.45) is 6.03. The van der Waals surface area contributed by atoms with Gasteiger partial charge in [-0.05, 0) is 17.9 Å². The number of hydrogen-bond acceptors (Lipinski definition) is 0. The van der Waals surface area contributed by atoms with Gasteiger partial charge in [-0.25, -0.2) is 0 Å². The third-order valence-electron chi connectivity index (χ3n) is 2.66. The van der Waals surface area contributed by atoms with E-state index in [0.717, 1.165) is 5.92 Å².